The number of nitrogens with zero attached hydrogens (tertiary/aromatic N) is 1. The van der Waals surface area contributed by atoms with Crippen LogP contribution in [0.15, 0.2) is 17.1 Å². The van der Waals surface area contributed by atoms with Crippen molar-refractivity contribution in [2.75, 3.05) is 26.8 Å². The second-order valence-corrected chi connectivity index (χ2v) is 4.91. The van der Waals surface area contributed by atoms with Crippen LogP contribution in [0.3, 0.4) is 0 Å². The molecule has 5 nitrogen and oxygen atoms in total. The van der Waals surface area contributed by atoms with E-state index in [1.807, 2.05) is 0 Å². The fourth-order valence-electron chi connectivity index (χ4n) is 2.05. The molecule has 0 aromatic carbocycles. The van der Waals surface area contributed by atoms with Gasteiger partial charge in [0.05, 0.1) is 0 Å². The predicted molar refractivity (Wildman–Crippen MR) is 78.9 cm³/mol. The Morgan fingerprint density at radius 2 is 2.05 bits per heavy atom. The van der Waals surface area contributed by atoms with Crippen LogP contribution in [-0.2, 0) is 4.74 Å². The Balaban J connectivity index is 2.81. The van der Waals surface area contributed by atoms with Gasteiger partial charge in [-0.25, -0.2) is 4.39 Å². The van der Waals surface area contributed by atoms with Crippen LogP contribution in [-0.4, -0.2) is 42.6 Å². The van der Waals surface area contributed by atoms with Gasteiger partial charge in [-0.05, 0) is 18.9 Å². The Kier molecular flexibility index (Phi) is 7.68. The highest BCUT2D eigenvalue weighted by Crippen LogP contribution is 2.06. The summed E-state index contributed by atoms with van der Waals surface area (Å²) in [6.45, 7) is 3.67. The van der Waals surface area contributed by atoms with Crippen LogP contribution < -0.4 is 5.56 Å². The molecule has 0 aliphatic rings. The molecule has 0 radical (unpaired) electrons. The number of rotatable bonds is 9. The van der Waals surface area contributed by atoms with E-state index >= 15 is 0 Å². The van der Waals surface area contributed by atoms with Gasteiger partial charge in [0.1, 0.15) is 11.4 Å². The van der Waals surface area contributed by atoms with Crippen LogP contribution in [0.2, 0.25) is 0 Å². The molecule has 0 bridgehead atoms. The van der Waals surface area contributed by atoms with Crippen LogP contribution in [0.5, 0.6) is 0 Å². The van der Waals surface area contributed by atoms with Gasteiger partial charge in [-0.2, -0.15) is 0 Å². The van der Waals surface area contributed by atoms with E-state index in [-0.39, 0.29) is 5.56 Å². The highest BCUT2D eigenvalue weighted by atomic mass is 19.1. The first-order valence-electron chi connectivity index (χ1n) is 7.26. The molecule has 0 saturated carbocycles. The number of H-pyrrole nitrogens is 1. The Morgan fingerprint density at radius 1 is 1.33 bits per heavy atom. The topological polar surface area (TPSA) is 62.4 Å². The van der Waals surface area contributed by atoms with E-state index in [1.165, 1.54) is 0 Å². The summed E-state index contributed by atoms with van der Waals surface area (Å²) in [6, 6.07) is 0.990. The number of unbranched alkanes of at least 4 members (excludes halogenated alkanes) is 2. The first-order valence-corrected chi connectivity index (χ1v) is 7.26. The van der Waals surface area contributed by atoms with E-state index in [1.54, 1.807) is 12.0 Å². The number of amides is 1. The average molecular weight is 298 g/mol. The molecule has 6 heteroatoms. The van der Waals surface area contributed by atoms with Crippen molar-refractivity contribution in [1.29, 1.82) is 0 Å². The number of nitrogens with one attached hydrogen (secondary N) is 1. The molecule has 1 heterocycles. The summed E-state index contributed by atoms with van der Waals surface area (Å²) in [4.78, 5) is 27.9. The number of hydrogen-bond acceptors (Lipinski definition) is 3. The molecule has 1 N–H and O–H groups in total. The van der Waals surface area contributed by atoms with E-state index in [0.29, 0.717) is 26.1 Å². The molecular formula is C15H23FN2O3. The number of carbonyl (C=O) groups excluding carboxylic acids is 1. The minimum Gasteiger partial charge on any atom is -0.385 e. The smallest absolute Gasteiger partial charge is 0.260 e. The number of hydrogen-bond donors (Lipinski definition) is 1. The number of pyridine rings is 1. The molecule has 0 fully saturated rings. The lowest BCUT2D eigenvalue weighted by Crippen LogP contribution is -2.36. The van der Waals surface area contributed by atoms with Crippen molar-refractivity contribution in [3.63, 3.8) is 0 Å². The van der Waals surface area contributed by atoms with Crippen molar-refractivity contribution < 1.29 is 13.9 Å². The van der Waals surface area contributed by atoms with Crippen LogP contribution in [0.25, 0.3) is 0 Å². The van der Waals surface area contributed by atoms with Gasteiger partial charge < -0.3 is 14.6 Å². The van der Waals surface area contributed by atoms with Gasteiger partial charge in [0.15, 0.2) is 0 Å². The number of methoxy groups -OCH3 is 1. The minimum atomic E-state index is -0.622. The number of carbonyl (C=O) groups is 1. The van der Waals surface area contributed by atoms with E-state index in [9.17, 15) is 14.0 Å². The van der Waals surface area contributed by atoms with Crippen LogP contribution in [0.4, 0.5) is 4.39 Å². The quantitative estimate of drug-likeness (QED) is 0.711. The van der Waals surface area contributed by atoms with Gasteiger partial charge in [0, 0.05) is 33.0 Å². The van der Waals surface area contributed by atoms with Crippen molar-refractivity contribution >= 4 is 5.91 Å². The van der Waals surface area contributed by atoms with Crippen molar-refractivity contribution in [1.82, 2.24) is 9.88 Å². The maximum Gasteiger partial charge on any atom is 0.260 e. The normalized spacial score (nSPS) is 10.6. The summed E-state index contributed by atoms with van der Waals surface area (Å²) < 4.78 is 18.2. The molecule has 1 aromatic heterocycles. The second kappa shape index (κ2) is 9.28. The number of halogens is 1. The van der Waals surface area contributed by atoms with Crippen LogP contribution >= 0.6 is 0 Å². The van der Waals surface area contributed by atoms with Crippen molar-refractivity contribution in [2.24, 2.45) is 0 Å². The van der Waals surface area contributed by atoms with Gasteiger partial charge in [-0.15, -0.1) is 0 Å². The van der Waals surface area contributed by atoms with Gasteiger partial charge >= 0.3 is 0 Å². The van der Waals surface area contributed by atoms with E-state index < -0.39 is 17.3 Å². The SMILES string of the molecule is CCCCCN(CCCOC)C(=O)c1cc(F)c[nH]c1=O. The first kappa shape index (κ1) is 17.4. The Labute approximate surface area is 124 Å². The minimum absolute atomic E-state index is 0.149. The number of ether oxygens (including phenoxy) is 1. The zero-order chi connectivity index (χ0) is 15.7. The largest absolute Gasteiger partial charge is 0.385 e. The van der Waals surface area contributed by atoms with E-state index in [0.717, 1.165) is 31.5 Å². The number of aromatic nitrogens is 1. The molecule has 0 atom stereocenters. The van der Waals surface area contributed by atoms with Crippen molar-refractivity contribution in [2.45, 2.75) is 32.6 Å². The summed E-state index contributed by atoms with van der Waals surface area (Å²) in [5, 5.41) is 0. The third-order valence-corrected chi connectivity index (χ3v) is 3.19. The molecule has 0 aliphatic carbocycles. The van der Waals surface area contributed by atoms with Crippen LogP contribution in [0, 0.1) is 5.82 Å². The Morgan fingerprint density at radius 3 is 2.71 bits per heavy atom. The van der Waals surface area contributed by atoms with Gasteiger partial charge in [0.25, 0.3) is 11.5 Å². The van der Waals surface area contributed by atoms with Crippen molar-refractivity contribution in [3.8, 4) is 0 Å². The Bertz CT molecular complexity index is 492. The summed E-state index contributed by atoms with van der Waals surface area (Å²) in [6.07, 6.45) is 4.55. The first-order chi connectivity index (χ1) is 10.1. The average Bonchev–Trinajstić information content (AvgIpc) is 2.48. The molecule has 0 aliphatic heterocycles. The number of aromatic amines is 1. The maximum absolute atomic E-state index is 13.2. The Hall–Kier alpha value is -1.69. The molecule has 0 saturated heterocycles. The molecule has 1 aromatic rings. The lowest BCUT2D eigenvalue weighted by atomic mass is 10.2. The predicted octanol–water partition coefficient (Wildman–Crippen LogP) is 2.18. The molecule has 0 unspecified atom stereocenters. The summed E-state index contributed by atoms with van der Waals surface area (Å²) in [5.41, 5.74) is -0.711. The summed E-state index contributed by atoms with van der Waals surface area (Å²) >= 11 is 0. The lowest BCUT2D eigenvalue weighted by Gasteiger charge is -2.22. The zero-order valence-corrected chi connectivity index (χ0v) is 12.7. The second-order valence-electron chi connectivity index (χ2n) is 4.91. The standard InChI is InChI=1S/C15H23FN2O3/c1-3-4-5-7-18(8-6-9-21-2)15(20)13-10-12(16)11-17-14(13)19/h10-11H,3-9H2,1-2H3,(H,17,19). The van der Waals surface area contributed by atoms with Gasteiger partial charge in [0.2, 0.25) is 0 Å². The molecular weight excluding hydrogens is 275 g/mol. The fourth-order valence-corrected chi connectivity index (χ4v) is 2.05. The van der Waals surface area contributed by atoms with Crippen LogP contribution in [0.1, 0.15) is 43.0 Å². The van der Waals surface area contributed by atoms with Crippen molar-refractivity contribution in [3.05, 3.63) is 34.0 Å². The fraction of sp³-hybridized carbons (Fsp3) is 0.600. The third kappa shape index (κ3) is 5.67. The molecule has 1 rings (SSSR count). The highest BCUT2D eigenvalue weighted by Gasteiger charge is 2.18. The monoisotopic (exact) mass is 298 g/mol. The molecule has 21 heavy (non-hydrogen) atoms. The maximum atomic E-state index is 13.2. The van der Waals surface area contributed by atoms with Gasteiger partial charge in [-0.1, -0.05) is 19.8 Å². The van der Waals surface area contributed by atoms with Gasteiger partial charge in [-0.3, -0.25) is 9.59 Å². The zero-order valence-electron chi connectivity index (χ0n) is 12.7. The molecule has 118 valence electrons. The lowest BCUT2D eigenvalue weighted by molar-refractivity contribution is 0.0731. The molecule has 0 spiro atoms. The molecule has 1 amide bonds. The third-order valence-electron chi connectivity index (χ3n) is 3.19. The van der Waals surface area contributed by atoms with E-state index in [2.05, 4.69) is 11.9 Å². The summed E-state index contributed by atoms with van der Waals surface area (Å²) in [5.74, 6) is -1.05. The summed E-state index contributed by atoms with van der Waals surface area (Å²) in [7, 11) is 1.60. The highest BCUT2D eigenvalue weighted by molar-refractivity contribution is 5.93. The van der Waals surface area contributed by atoms with E-state index in [4.69, 9.17) is 4.74 Å².